The molecule has 7 heteroatoms. The van der Waals surface area contributed by atoms with Crippen LogP contribution >= 0.6 is 23.2 Å². The molecule has 1 fully saturated rings. The minimum Gasteiger partial charge on any atom is -0.478 e. The molecule has 1 aliphatic heterocycles. The molecule has 2 heterocycles. The van der Waals surface area contributed by atoms with Gasteiger partial charge in [0.25, 0.3) is 5.88 Å². The molecule has 2 rings (SSSR count). The van der Waals surface area contributed by atoms with Gasteiger partial charge in [0, 0.05) is 18.8 Å². The van der Waals surface area contributed by atoms with E-state index in [1.165, 1.54) is 18.2 Å². The number of hydrogen-bond donors (Lipinski definition) is 0. The summed E-state index contributed by atoms with van der Waals surface area (Å²) < 4.78 is 5.07. The normalized spacial score (nSPS) is 19.8. The maximum atomic E-state index is 11.8. The Kier molecular flexibility index (Phi) is 3.69. The number of hydrogen-bond acceptors (Lipinski definition) is 4. The molecule has 0 spiro atoms. The van der Waals surface area contributed by atoms with Crippen LogP contribution in [-0.2, 0) is 4.79 Å². The van der Waals surface area contributed by atoms with Crippen LogP contribution in [-0.4, -0.2) is 35.4 Å². The fourth-order valence-corrected chi connectivity index (χ4v) is 2.09. The Balaban J connectivity index is 2.31. The monoisotopic (exact) mass is 275 g/mol. The van der Waals surface area contributed by atoms with E-state index in [4.69, 9.17) is 27.9 Å². The second kappa shape index (κ2) is 5.06. The maximum absolute atomic E-state index is 11.8. The van der Waals surface area contributed by atoms with Crippen molar-refractivity contribution >= 4 is 34.9 Å². The predicted octanol–water partition coefficient (Wildman–Crippen LogP) is 1.73. The summed E-state index contributed by atoms with van der Waals surface area (Å²) in [5.41, 5.74) is 0. The molecule has 1 aromatic heterocycles. The number of carbonyl (C=O) groups is 1. The summed E-state index contributed by atoms with van der Waals surface area (Å²) in [5.74, 6) is 1.22. The third-order valence-corrected chi connectivity index (χ3v) is 3.18. The minimum atomic E-state index is -0.0226. The first kappa shape index (κ1) is 12.4. The van der Waals surface area contributed by atoms with Crippen molar-refractivity contribution in [1.82, 2.24) is 9.97 Å². The summed E-state index contributed by atoms with van der Waals surface area (Å²) in [7, 11) is 1.46. The summed E-state index contributed by atoms with van der Waals surface area (Å²) in [5, 5.41) is 0.228. The van der Waals surface area contributed by atoms with Crippen molar-refractivity contribution in [3.63, 3.8) is 0 Å². The number of methoxy groups -OCH3 is 1. The van der Waals surface area contributed by atoms with E-state index in [9.17, 15) is 4.79 Å². The van der Waals surface area contributed by atoms with Gasteiger partial charge in [-0.2, -0.15) is 4.98 Å². The SMILES string of the molecule is COc1nc(Cl)cnc1N1CC(CCl)CC1=O. The number of nitrogens with zero attached hydrogens (tertiary/aromatic N) is 3. The van der Waals surface area contributed by atoms with Crippen LogP contribution in [0.2, 0.25) is 5.15 Å². The van der Waals surface area contributed by atoms with Gasteiger partial charge in [0.15, 0.2) is 11.0 Å². The Morgan fingerprint density at radius 1 is 1.65 bits per heavy atom. The number of amides is 1. The van der Waals surface area contributed by atoms with Gasteiger partial charge >= 0.3 is 0 Å². The minimum absolute atomic E-state index is 0.0226. The van der Waals surface area contributed by atoms with E-state index in [1.807, 2.05) is 0 Å². The van der Waals surface area contributed by atoms with E-state index in [1.54, 1.807) is 0 Å². The molecule has 0 N–H and O–H groups in total. The van der Waals surface area contributed by atoms with Crippen LogP contribution in [0.25, 0.3) is 0 Å². The predicted molar refractivity (Wildman–Crippen MR) is 64.8 cm³/mol. The molecular formula is C10H11Cl2N3O2. The van der Waals surface area contributed by atoms with Crippen molar-refractivity contribution < 1.29 is 9.53 Å². The van der Waals surface area contributed by atoms with Crippen molar-refractivity contribution in [2.45, 2.75) is 6.42 Å². The van der Waals surface area contributed by atoms with Gasteiger partial charge in [-0.25, -0.2) is 4.98 Å². The van der Waals surface area contributed by atoms with Gasteiger partial charge < -0.3 is 4.74 Å². The van der Waals surface area contributed by atoms with Crippen LogP contribution in [0.15, 0.2) is 6.20 Å². The molecule has 1 atom stereocenters. The zero-order valence-electron chi connectivity index (χ0n) is 9.19. The van der Waals surface area contributed by atoms with Gasteiger partial charge in [-0.05, 0) is 5.92 Å². The highest BCUT2D eigenvalue weighted by atomic mass is 35.5. The van der Waals surface area contributed by atoms with E-state index in [0.717, 1.165) is 0 Å². The zero-order chi connectivity index (χ0) is 12.4. The molecule has 1 amide bonds. The van der Waals surface area contributed by atoms with Gasteiger partial charge in [0.2, 0.25) is 5.91 Å². The van der Waals surface area contributed by atoms with Crippen LogP contribution in [0, 0.1) is 5.92 Å². The van der Waals surface area contributed by atoms with Gasteiger partial charge in [-0.3, -0.25) is 9.69 Å². The van der Waals surface area contributed by atoms with Crippen LogP contribution in [0.4, 0.5) is 5.82 Å². The number of aromatic nitrogens is 2. The van der Waals surface area contributed by atoms with Crippen molar-refractivity contribution in [1.29, 1.82) is 0 Å². The fraction of sp³-hybridized carbons (Fsp3) is 0.500. The van der Waals surface area contributed by atoms with E-state index in [0.29, 0.717) is 24.7 Å². The Hall–Kier alpha value is -1.07. The topological polar surface area (TPSA) is 55.3 Å². The number of anilines is 1. The average Bonchev–Trinajstić information content (AvgIpc) is 2.70. The molecule has 1 aliphatic rings. The average molecular weight is 276 g/mol. The lowest BCUT2D eigenvalue weighted by Gasteiger charge is -2.17. The van der Waals surface area contributed by atoms with Crippen LogP contribution in [0.5, 0.6) is 5.88 Å². The van der Waals surface area contributed by atoms with Gasteiger partial charge in [-0.1, -0.05) is 11.6 Å². The van der Waals surface area contributed by atoms with E-state index in [-0.39, 0.29) is 22.9 Å². The second-order valence-electron chi connectivity index (χ2n) is 3.75. The summed E-state index contributed by atoms with van der Waals surface area (Å²) in [6.07, 6.45) is 1.82. The summed E-state index contributed by atoms with van der Waals surface area (Å²) >= 11 is 11.5. The first-order valence-electron chi connectivity index (χ1n) is 5.08. The highest BCUT2D eigenvalue weighted by molar-refractivity contribution is 6.29. The van der Waals surface area contributed by atoms with Crippen molar-refractivity contribution in [3.05, 3.63) is 11.3 Å². The number of ether oxygens (including phenoxy) is 1. The van der Waals surface area contributed by atoms with E-state index >= 15 is 0 Å². The van der Waals surface area contributed by atoms with Crippen LogP contribution in [0.1, 0.15) is 6.42 Å². The number of halogens is 2. The summed E-state index contributed by atoms with van der Waals surface area (Å²) in [4.78, 5) is 21.4. The highest BCUT2D eigenvalue weighted by Crippen LogP contribution is 2.30. The molecule has 5 nitrogen and oxygen atoms in total. The quantitative estimate of drug-likeness (QED) is 0.789. The van der Waals surface area contributed by atoms with E-state index in [2.05, 4.69) is 9.97 Å². The molecule has 1 unspecified atom stereocenters. The van der Waals surface area contributed by atoms with Crippen LogP contribution < -0.4 is 9.64 Å². The fourth-order valence-electron chi connectivity index (χ4n) is 1.76. The molecule has 0 aromatic carbocycles. The third kappa shape index (κ3) is 2.45. The van der Waals surface area contributed by atoms with Crippen molar-refractivity contribution in [3.8, 4) is 5.88 Å². The first-order valence-corrected chi connectivity index (χ1v) is 5.99. The van der Waals surface area contributed by atoms with Crippen molar-refractivity contribution in [2.24, 2.45) is 5.92 Å². The van der Waals surface area contributed by atoms with E-state index < -0.39 is 0 Å². The van der Waals surface area contributed by atoms with Gasteiger partial charge in [0.1, 0.15) is 0 Å². The largest absolute Gasteiger partial charge is 0.478 e. The first-order chi connectivity index (χ1) is 8.15. The zero-order valence-corrected chi connectivity index (χ0v) is 10.7. The van der Waals surface area contributed by atoms with Crippen molar-refractivity contribution in [2.75, 3.05) is 24.4 Å². The maximum Gasteiger partial charge on any atom is 0.259 e. The number of alkyl halides is 1. The Morgan fingerprint density at radius 2 is 2.41 bits per heavy atom. The molecule has 0 aliphatic carbocycles. The smallest absolute Gasteiger partial charge is 0.259 e. The Bertz CT molecular complexity index is 442. The lowest BCUT2D eigenvalue weighted by molar-refractivity contribution is -0.117. The molecule has 0 saturated carbocycles. The van der Waals surface area contributed by atoms with Gasteiger partial charge in [-0.15, -0.1) is 11.6 Å². The van der Waals surface area contributed by atoms with Crippen LogP contribution in [0.3, 0.4) is 0 Å². The molecule has 1 saturated heterocycles. The standard InChI is InChI=1S/C10H11Cl2N3O2/c1-17-10-9(13-4-7(12)14-10)15-5-6(3-11)2-8(15)16/h4,6H,2-3,5H2,1H3. The lowest BCUT2D eigenvalue weighted by atomic mass is 10.2. The summed E-state index contributed by atoms with van der Waals surface area (Å²) in [6, 6.07) is 0. The second-order valence-corrected chi connectivity index (χ2v) is 4.45. The number of carbonyl (C=O) groups excluding carboxylic acids is 1. The molecule has 0 radical (unpaired) electrons. The van der Waals surface area contributed by atoms with Gasteiger partial charge in [0.05, 0.1) is 13.3 Å². The molecule has 1 aromatic rings. The summed E-state index contributed by atoms with van der Waals surface area (Å²) in [6.45, 7) is 0.537. The molecule has 17 heavy (non-hydrogen) atoms. The highest BCUT2D eigenvalue weighted by Gasteiger charge is 2.33. The third-order valence-electron chi connectivity index (χ3n) is 2.57. The lowest BCUT2D eigenvalue weighted by Crippen LogP contribution is -2.26. The molecule has 92 valence electrons. The Labute approximate surface area is 109 Å². The Morgan fingerprint density at radius 3 is 3.00 bits per heavy atom. The molecule has 0 bridgehead atoms. The number of rotatable bonds is 3. The molecular weight excluding hydrogens is 265 g/mol.